The second-order valence-corrected chi connectivity index (χ2v) is 6.49. The Kier molecular flexibility index (Phi) is 16.9. The predicted octanol–water partition coefficient (Wildman–Crippen LogP) is 0.640. The van der Waals surface area contributed by atoms with Crippen LogP contribution in [0.5, 0.6) is 0 Å². The quantitative estimate of drug-likeness (QED) is 0.199. The average molecular weight is 359 g/mol. The molecular formula is C20H31FLiNO3-2. The molecule has 0 spiro atoms. The molecule has 0 N–H and O–H groups in total. The smallest absolute Gasteiger partial charge is 0.488 e. The van der Waals surface area contributed by atoms with Gasteiger partial charge >= 0.3 is 18.9 Å². The van der Waals surface area contributed by atoms with Crippen molar-refractivity contribution in [3.63, 3.8) is 0 Å². The molecule has 0 radical (unpaired) electrons. The van der Waals surface area contributed by atoms with Crippen molar-refractivity contribution in [2.24, 2.45) is 5.92 Å². The standard InChI is InChI=1S/C12H16FNO.C8H15O2.Li/c1-10(11(2)5-8-15)3-6-14-7-4-12(13)9-14;1-4-10-8(9)6-5-7(2)3;/h1,5,12H,3-4,6-7,9H2,2H3;6-7H,4-5H2,1-3H3;/q-2;-1;+1/b11-5-;;/t12-;;/m1../s1. The molecule has 26 heavy (non-hydrogen) atoms. The van der Waals surface area contributed by atoms with E-state index in [0.29, 0.717) is 37.5 Å². The monoisotopic (exact) mass is 359 g/mol. The van der Waals surface area contributed by atoms with E-state index in [4.69, 9.17) is 11.3 Å². The van der Waals surface area contributed by atoms with Gasteiger partial charge in [-0.1, -0.05) is 19.8 Å². The van der Waals surface area contributed by atoms with E-state index >= 15 is 0 Å². The number of nitrogens with zero attached hydrogens (tertiary/aromatic N) is 1. The van der Waals surface area contributed by atoms with Crippen molar-refractivity contribution in [2.75, 3.05) is 26.2 Å². The fourth-order valence-electron chi connectivity index (χ4n) is 2.18. The summed E-state index contributed by atoms with van der Waals surface area (Å²) in [5.74, 6) is 0.334. The van der Waals surface area contributed by atoms with Gasteiger partial charge in [-0.25, -0.2) is 15.5 Å². The second-order valence-electron chi connectivity index (χ2n) is 6.49. The zero-order valence-electron chi connectivity index (χ0n) is 16.9. The number of carbonyl (C=O) groups excluding carboxylic acids is 2. The van der Waals surface area contributed by atoms with Gasteiger partial charge in [0.05, 0.1) is 6.61 Å². The molecule has 1 fully saturated rings. The molecule has 0 aromatic carbocycles. The summed E-state index contributed by atoms with van der Waals surface area (Å²) in [7, 11) is 0. The van der Waals surface area contributed by atoms with E-state index in [9.17, 15) is 14.0 Å². The van der Waals surface area contributed by atoms with Gasteiger partial charge in [-0.05, 0) is 32.6 Å². The Balaban J connectivity index is 0. The number of alkyl halides is 1. The Bertz CT molecular complexity index is 452. The zero-order valence-corrected chi connectivity index (χ0v) is 16.9. The van der Waals surface area contributed by atoms with Gasteiger partial charge in [-0.15, -0.1) is 6.92 Å². The summed E-state index contributed by atoms with van der Waals surface area (Å²) in [6.45, 7) is 16.0. The van der Waals surface area contributed by atoms with Crippen molar-refractivity contribution in [2.45, 2.75) is 53.1 Å². The van der Waals surface area contributed by atoms with E-state index in [1.807, 2.05) is 0 Å². The van der Waals surface area contributed by atoms with Gasteiger partial charge in [0.15, 0.2) is 5.97 Å². The summed E-state index contributed by atoms with van der Waals surface area (Å²) in [5, 5.41) is 0. The maximum Gasteiger partial charge on any atom is 1.00 e. The van der Waals surface area contributed by atoms with Crippen LogP contribution in [0.4, 0.5) is 4.39 Å². The summed E-state index contributed by atoms with van der Waals surface area (Å²) in [5.41, 5.74) is 1.43. The molecule has 0 aromatic heterocycles. The molecule has 0 unspecified atom stereocenters. The van der Waals surface area contributed by atoms with Crippen LogP contribution in [-0.2, 0) is 14.3 Å². The van der Waals surface area contributed by atoms with Crippen molar-refractivity contribution in [1.82, 2.24) is 4.90 Å². The number of esters is 1. The summed E-state index contributed by atoms with van der Waals surface area (Å²) >= 11 is 0. The first-order valence-electron chi connectivity index (χ1n) is 8.82. The summed E-state index contributed by atoms with van der Waals surface area (Å²) in [4.78, 5) is 22.8. The molecule has 1 aliphatic rings. The number of halogens is 1. The maximum absolute atomic E-state index is 12.8. The third kappa shape index (κ3) is 14.2. The minimum Gasteiger partial charge on any atom is -0.488 e. The average Bonchev–Trinajstić information content (AvgIpc) is 2.97. The van der Waals surface area contributed by atoms with Crippen LogP contribution in [0.2, 0.25) is 0 Å². The van der Waals surface area contributed by atoms with E-state index < -0.39 is 6.17 Å². The van der Waals surface area contributed by atoms with E-state index in [-0.39, 0.29) is 24.8 Å². The van der Waals surface area contributed by atoms with Crippen LogP contribution in [0.15, 0.2) is 17.2 Å². The SMILES string of the molecule is CCOC(=O)[CH-]CC(C)C.[CH-]=C(CCN1CC[C@@H](F)C1)/C(C)=C\[C-]=O.[Li+]. The Morgan fingerprint density at radius 3 is 2.62 bits per heavy atom. The normalized spacial score (nSPS) is 17.0. The number of carbonyl (C=O) groups is 1. The Morgan fingerprint density at radius 1 is 1.50 bits per heavy atom. The van der Waals surface area contributed by atoms with E-state index in [1.54, 1.807) is 26.6 Å². The van der Waals surface area contributed by atoms with Gasteiger partial charge < -0.3 is 14.4 Å². The first kappa shape index (κ1) is 27.2. The van der Waals surface area contributed by atoms with Crippen LogP contribution in [-0.4, -0.2) is 49.6 Å². The Morgan fingerprint density at radius 2 is 2.15 bits per heavy atom. The van der Waals surface area contributed by atoms with E-state index in [2.05, 4.69) is 18.7 Å². The number of allylic oxidation sites excluding steroid dienone is 2. The van der Waals surface area contributed by atoms with Gasteiger partial charge in [0.25, 0.3) is 0 Å². The number of hydrogen-bond donors (Lipinski definition) is 0. The summed E-state index contributed by atoms with van der Waals surface area (Å²) in [6, 6.07) is 0. The number of ether oxygens (including phenoxy) is 1. The minimum atomic E-state index is -0.689. The molecule has 0 amide bonds. The van der Waals surface area contributed by atoms with E-state index in [0.717, 1.165) is 25.1 Å². The van der Waals surface area contributed by atoms with Crippen molar-refractivity contribution in [3.8, 4) is 0 Å². The van der Waals surface area contributed by atoms with Crippen LogP contribution >= 0.6 is 0 Å². The number of likely N-dealkylation sites (tertiary alicyclic amines) is 1. The van der Waals surface area contributed by atoms with Gasteiger partial charge in [0.2, 0.25) is 0 Å². The molecule has 1 heterocycles. The first-order chi connectivity index (χ1) is 11.8. The van der Waals surface area contributed by atoms with Crippen molar-refractivity contribution < 1.29 is 37.6 Å². The molecule has 1 saturated heterocycles. The first-order valence-corrected chi connectivity index (χ1v) is 8.82. The molecule has 1 aliphatic heterocycles. The topological polar surface area (TPSA) is 46.6 Å². The molecule has 1 rings (SSSR count). The van der Waals surface area contributed by atoms with Crippen LogP contribution in [0, 0.1) is 18.9 Å². The van der Waals surface area contributed by atoms with E-state index in [1.165, 1.54) is 6.08 Å². The molecule has 0 bridgehead atoms. The molecule has 4 nitrogen and oxygen atoms in total. The predicted molar refractivity (Wildman–Crippen MR) is 98.2 cm³/mol. The minimum absolute atomic E-state index is 0. The zero-order chi connectivity index (χ0) is 19.2. The van der Waals surface area contributed by atoms with Crippen LogP contribution in [0.25, 0.3) is 0 Å². The molecule has 0 aliphatic carbocycles. The van der Waals surface area contributed by atoms with Crippen LogP contribution in [0.1, 0.15) is 47.0 Å². The van der Waals surface area contributed by atoms with Gasteiger partial charge in [0.1, 0.15) is 6.17 Å². The van der Waals surface area contributed by atoms with Gasteiger partial charge in [-0.3, -0.25) is 17.8 Å². The Hall–Kier alpha value is -1.02. The maximum atomic E-state index is 12.8. The number of rotatable bonds is 9. The fourth-order valence-corrected chi connectivity index (χ4v) is 2.18. The largest absolute Gasteiger partial charge is 1.00 e. The van der Waals surface area contributed by atoms with Crippen LogP contribution in [0.3, 0.4) is 0 Å². The van der Waals surface area contributed by atoms with Gasteiger partial charge in [-0.2, -0.15) is 12.5 Å². The third-order valence-electron chi connectivity index (χ3n) is 3.74. The van der Waals surface area contributed by atoms with Crippen molar-refractivity contribution >= 4 is 12.3 Å². The summed E-state index contributed by atoms with van der Waals surface area (Å²) in [6.07, 6.45) is 6.03. The molecular weight excluding hydrogens is 328 g/mol. The fraction of sp³-hybridized carbons (Fsp3) is 0.650. The van der Waals surface area contributed by atoms with Crippen molar-refractivity contribution in [3.05, 3.63) is 30.2 Å². The third-order valence-corrected chi connectivity index (χ3v) is 3.74. The molecule has 0 saturated carbocycles. The number of hydrogen-bond acceptors (Lipinski definition) is 4. The second kappa shape index (κ2) is 16.2. The molecule has 1 atom stereocenters. The molecule has 0 aromatic rings. The molecule has 144 valence electrons. The molecule has 6 heteroatoms. The van der Waals surface area contributed by atoms with Gasteiger partial charge in [0, 0.05) is 13.1 Å². The van der Waals surface area contributed by atoms with Crippen molar-refractivity contribution in [1.29, 1.82) is 0 Å². The van der Waals surface area contributed by atoms with Crippen LogP contribution < -0.4 is 18.9 Å². The summed E-state index contributed by atoms with van der Waals surface area (Å²) < 4.78 is 17.5. The Labute approximate surface area is 170 Å².